The van der Waals surface area contributed by atoms with Crippen LogP contribution in [0.5, 0.6) is 0 Å². The first-order valence-corrected chi connectivity index (χ1v) is 19.4. The molecule has 0 spiro atoms. The summed E-state index contributed by atoms with van der Waals surface area (Å²) in [7, 11) is 0. The van der Waals surface area contributed by atoms with Crippen molar-refractivity contribution in [3.8, 4) is 42.3 Å². The number of nitrogens with zero attached hydrogens (tertiary/aromatic N) is 2. The standard InChI is InChI=1S/C38H36N2O3S4/c1-19-39-31-11-12-32(39)36-16-8-28(45-36)4-6-30-10-18-38(47-30)34-14-13-33(40(34)20-2-22-42-24-26-43-25-23-41-21-1)37-17-9-29(46-37)5-3-27-7-15-35(31)44-27/h3-18H,1-2,19-26H2/b5-3-,6-4?,27-3?,28-4?,29-5?,30-6?,35-31?,36-32?,37-33?,38-34?. The topological polar surface area (TPSA) is 37.6 Å². The third-order valence-corrected chi connectivity index (χ3v) is 12.7. The summed E-state index contributed by atoms with van der Waals surface area (Å²) in [6.07, 6.45) is 10.9. The largest absolute Gasteiger partial charge is 0.379 e. The lowest BCUT2D eigenvalue weighted by atomic mass is 10.3. The van der Waals surface area contributed by atoms with E-state index in [9.17, 15) is 0 Å². The van der Waals surface area contributed by atoms with Crippen LogP contribution < -0.4 is 0 Å². The van der Waals surface area contributed by atoms with Crippen molar-refractivity contribution in [3.63, 3.8) is 0 Å². The van der Waals surface area contributed by atoms with Gasteiger partial charge in [0.15, 0.2) is 0 Å². The fourth-order valence-electron chi connectivity index (χ4n) is 6.12. The predicted octanol–water partition coefficient (Wildman–Crippen LogP) is 10.7. The molecule has 3 aliphatic rings. The van der Waals surface area contributed by atoms with Crippen molar-refractivity contribution in [1.82, 2.24) is 9.13 Å². The van der Waals surface area contributed by atoms with Crippen molar-refractivity contribution in [3.05, 3.63) is 92.3 Å². The highest BCUT2D eigenvalue weighted by Gasteiger charge is 2.17. The monoisotopic (exact) mass is 696 g/mol. The van der Waals surface area contributed by atoms with Crippen LogP contribution in [-0.2, 0) is 27.3 Å². The smallest absolute Gasteiger partial charge is 0.0701 e. The summed E-state index contributed by atoms with van der Waals surface area (Å²) in [6.45, 7) is 5.53. The molecule has 14 bridgehead atoms. The Morgan fingerprint density at radius 3 is 0.979 bits per heavy atom. The van der Waals surface area contributed by atoms with Crippen LogP contribution in [0, 0.1) is 0 Å². The average Bonchev–Trinajstić information content (AvgIpc) is 3.92. The van der Waals surface area contributed by atoms with Gasteiger partial charge < -0.3 is 23.3 Å². The zero-order valence-electron chi connectivity index (χ0n) is 26.1. The highest BCUT2D eigenvalue weighted by molar-refractivity contribution is 7.18. The average molecular weight is 697 g/mol. The molecule has 0 saturated heterocycles. The zero-order valence-corrected chi connectivity index (χ0v) is 29.3. The minimum absolute atomic E-state index is 0.585. The van der Waals surface area contributed by atoms with Crippen molar-refractivity contribution in [2.75, 3.05) is 39.6 Å². The third-order valence-electron chi connectivity index (χ3n) is 8.39. The second kappa shape index (κ2) is 14.5. The number of rotatable bonds is 0. The van der Waals surface area contributed by atoms with E-state index in [4.69, 9.17) is 14.2 Å². The van der Waals surface area contributed by atoms with Gasteiger partial charge in [-0.1, -0.05) is 0 Å². The van der Waals surface area contributed by atoms with Crippen molar-refractivity contribution in [2.24, 2.45) is 0 Å². The maximum atomic E-state index is 5.97. The summed E-state index contributed by atoms with van der Waals surface area (Å²) in [6, 6.07) is 27.2. The molecule has 0 unspecified atom stereocenters. The van der Waals surface area contributed by atoms with Gasteiger partial charge in [0.2, 0.25) is 0 Å². The predicted molar refractivity (Wildman–Crippen MR) is 202 cm³/mol. The van der Waals surface area contributed by atoms with Gasteiger partial charge in [-0.05, 0) is 110 Å². The van der Waals surface area contributed by atoms with Gasteiger partial charge in [-0.3, -0.25) is 0 Å². The molecule has 6 aromatic heterocycles. The molecule has 9 rings (SSSR count). The fourth-order valence-corrected chi connectivity index (χ4v) is 9.90. The number of ether oxygens (including phenoxy) is 3. The molecule has 0 aliphatic carbocycles. The summed E-state index contributed by atoms with van der Waals surface area (Å²) in [5.41, 5.74) is 5.03. The molecule has 0 atom stereocenters. The van der Waals surface area contributed by atoms with Crippen LogP contribution in [0.2, 0.25) is 0 Å². The van der Waals surface area contributed by atoms with Crippen molar-refractivity contribution in [1.29, 1.82) is 0 Å². The van der Waals surface area contributed by atoms with E-state index < -0.39 is 0 Å². The minimum Gasteiger partial charge on any atom is -0.379 e. The molecular weight excluding hydrogens is 661 g/mol. The van der Waals surface area contributed by atoms with Crippen molar-refractivity contribution >= 4 is 69.7 Å². The Labute approximate surface area is 291 Å². The van der Waals surface area contributed by atoms with Gasteiger partial charge in [0.1, 0.15) is 0 Å². The van der Waals surface area contributed by atoms with E-state index in [1.807, 2.05) is 45.3 Å². The summed E-state index contributed by atoms with van der Waals surface area (Å²) >= 11 is 7.39. The molecule has 0 radical (unpaired) electrons. The number of aromatic nitrogens is 2. The Morgan fingerprint density at radius 1 is 0.362 bits per heavy atom. The minimum atomic E-state index is 0.585. The Hall–Kier alpha value is -3.28. The zero-order chi connectivity index (χ0) is 31.4. The van der Waals surface area contributed by atoms with Gasteiger partial charge in [-0.15, -0.1) is 45.3 Å². The number of hydrogen-bond acceptors (Lipinski definition) is 7. The van der Waals surface area contributed by atoms with Crippen LogP contribution in [0.25, 0.3) is 66.6 Å². The Kier molecular flexibility index (Phi) is 9.54. The molecule has 0 saturated carbocycles. The second-order valence-electron chi connectivity index (χ2n) is 11.5. The first-order valence-electron chi connectivity index (χ1n) is 16.2. The van der Waals surface area contributed by atoms with Crippen LogP contribution in [0.4, 0.5) is 0 Å². The molecule has 6 aromatic rings. The SMILES string of the molecule is C1=Cc2ccc(s2)-c2ccc3n2CCCOCCOCCOCCCn2c(ccc2-c2ccc(s2)/C=C\c2ccc-3s2)-c2ccc1s2. The highest BCUT2D eigenvalue weighted by Crippen LogP contribution is 2.39. The van der Waals surface area contributed by atoms with E-state index in [0.717, 1.165) is 25.9 Å². The fraction of sp³-hybridized carbons (Fsp3) is 0.263. The Morgan fingerprint density at radius 2 is 0.660 bits per heavy atom. The van der Waals surface area contributed by atoms with E-state index in [2.05, 4.69) is 106 Å². The molecule has 9 heterocycles. The van der Waals surface area contributed by atoms with E-state index in [0.29, 0.717) is 39.6 Å². The molecule has 9 heteroatoms. The Balaban J connectivity index is 1.23. The lowest BCUT2D eigenvalue weighted by Gasteiger charge is -2.13. The molecule has 5 nitrogen and oxygen atoms in total. The molecule has 240 valence electrons. The second-order valence-corrected chi connectivity index (χ2v) is 16.0. The van der Waals surface area contributed by atoms with Crippen molar-refractivity contribution < 1.29 is 14.2 Å². The van der Waals surface area contributed by atoms with E-state index in [1.54, 1.807) is 0 Å². The summed E-state index contributed by atoms with van der Waals surface area (Å²) in [5.74, 6) is 0. The molecule has 3 aliphatic heterocycles. The first-order chi connectivity index (χ1) is 23.3. The Bertz CT molecular complexity index is 1750. The van der Waals surface area contributed by atoms with Crippen LogP contribution in [0.1, 0.15) is 32.4 Å². The van der Waals surface area contributed by atoms with Crippen LogP contribution in [0.3, 0.4) is 0 Å². The van der Waals surface area contributed by atoms with Crippen LogP contribution in [-0.4, -0.2) is 48.8 Å². The summed E-state index contributed by atoms with van der Waals surface area (Å²) in [4.78, 5) is 10.1. The van der Waals surface area contributed by atoms with Gasteiger partial charge in [-0.2, -0.15) is 0 Å². The lowest BCUT2D eigenvalue weighted by Crippen LogP contribution is -2.12. The lowest BCUT2D eigenvalue weighted by molar-refractivity contribution is 0.0129. The molecule has 0 amide bonds. The molecule has 0 aromatic carbocycles. The van der Waals surface area contributed by atoms with Gasteiger partial charge in [0.25, 0.3) is 0 Å². The normalized spacial score (nSPS) is 16.8. The van der Waals surface area contributed by atoms with Gasteiger partial charge in [0, 0.05) is 45.8 Å². The highest BCUT2D eigenvalue weighted by atomic mass is 32.1. The van der Waals surface area contributed by atoms with Crippen LogP contribution >= 0.6 is 45.3 Å². The summed E-state index contributed by atoms with van der Waals surface area (Å²) < 4.78 is 22.7. The van der Waals surface area contributed by atoms with Gasteiger partial charge >= 0.3 is 0 Å². The van der Waals surface area contributed by atoms with Crippen molar-refractivity contribution in [2.45, 2.75) is 25.9 Å². The quantitative estimate of drug-likeness (QED) is 0.148. The molecule has 47 heavy (non-hydrogen) atoms. The number of hydrogen-bond donors (Lipinski definition) is 0. The van der Waals surface area contributed by atoms with E-state index >= 15 is 0 Å². The first kappa shape index (κ1) is 31.0. The van der Waals surface area contributed by atoms with Gasteiger partial charge in [-0.25, -0.2) is 0 Å². The molecule has 0 N–H and O–H groups in total. The number of thiophene rings is 4. The van der Waals surface area contributed by atoms with E-state index in [-0.39, 0.29) is 0 Å². The molecular formula is C38H36N2O3S4. The molecule has 0 fully saturated rings. The van der Waals surface area contributed by atoms with Gasteiger partial charge in [0.05, 0.1) is 68.7 Å². The maximum Gasteiger partial charge on any atom is 0.0701 e. The van der Waals surface area contributed by atoms with Crippen LogP contribution in [0.15, 0.2) is 72.8 Å². The summed E-state index contributed by atoms with van der Waals surface area (Å²) in [5, 5.41) is 0. The number of fused-ring (bicyclic) bond motifs is 12. The maximum absolute atomic E-state index is 5.97. The van der Waals surface area contributed by atoms with E-state index in [1.165, 1.54) is 61.8 Å². The third kappa shape index (κ3) is 6.98.